The summed E-state index contributed by atoms with van der Waals surface area (Å²) in [4.78, 5) is 0. The average molecular weight is 441 g/mol. The van der Waals surface area contributed by atoms with Crippen LogP contribution in [-0.2, 0) is 0 Å². The topological polar surface area (TPSA) is 17.0 Å². The number of aromatic nitrogens is 1. The summed E-state index contributed by atoms with van der Waals surface area (Å²) in [6.45, 7) is 0. The average Bonchev–Trinajstić information content (AvgIpc) is 3.40. The van der Waals surface area contributed by atoms with Crippen LogP contribution in [0.2, 0.25) is 0 Å². The maximum absolute atomic E-state index is 3.66. The van der Waals surface area contributed by atoms with E-state index in [0.717, 1.165) is 11.4 Å². The number of hydrogen-bond acceptors (Lipinski definition) is 2. The van der Waals surface area contributed by atoms with Crippen LogP contribution in [0, 0.1) is 0 Å². The zero-order chi connectivity index (χ0) is 21.8. The largest absolute Gasteiger partial charge is 0.355 e. The quantitative estimate of drug-likeness (QED) is 0.290. The monoisotopic (exact) mass is 440 g/mol. The van der Waals surface area contributed by atoms with Gasteiger partial charge in [-0.2, -0.15) is 0 Å². The molecule has 7 aromatic rings. The second kappa shape index (κ2) is 7.22. The van der Waals surface area contributed by atoms with Crippen molar-refractivity contribution in [1.82, 2.24) is 4.57 Å². The Bertz CT molecular complexity index is 1790. The highest BCUT2D eigenvalue weighted by atomic mass is 32.1. The van der Waals surface area contributed by atoms with Crippen LogP contribution < -0.4 is 5.32 Å². The van der Waals surface area contributed by atoms with E-state index in [1.54, 1.807) is 0 Å². The van der Waals surface area contributed by atoms with Crippen LogP contribution in [0.15, 0.2) is 115 Å². The standard InChI is InChI=1S/C30H20N2S/c1-2-8-22(9-3-1)32-27-12-6-4-10-23(27)24-16-14-21(19-28(24)32)31-20-15-17-30-26(18-20)25-11-5-7-13-29(25)33-30/h1-19,31H. The summed E-state index contributed by atoms with van der Waals surface area (Å²) in [6.07, 6.45) is 0. The van der Waals surface area contributed by atoms with Crippen LogP contribution in [0.1, 0.15) is 0 Å². The van der Waals surface area contributed by atoms with Gasteiger partial charge in [-0.3, -0.25) is 0 Å². The molecule has 0 saturated carbocycles. The van der Waals surface area contributed by atoms with Crippen molar-refractivity contribution in [3.63, 3.8) is 0 Å². The van der Waals surface area contributed by atoms with Crippen molar-refractivity contribution in [1.29, 1.82) is 0 Å². The summed E-state index contributed by atoms with van der Waals surface area (Å²) in [6, 6.07) is 41.2. The highest BCUT2D eigenvalue weighted by Crippen LogP contribution is 2.37. The third-order valence-corrected chi connectivity index (χ3v) is 7.51. The lowest BCUT2D eigenvalue weighted by molar-refractivity contribution is 1.18. The molecule has 0 bridgehead atoms. The molecule has 0 aliphatic carbocycles. The first-order valence-corrected chi connectivity index (χ1v) is 11.9. The number of rotatable bonds is 3. The van der Waals surface area contributed by atoms with Crippen LogP contribution in [0.5, 0.6) is 0 Å². The van der Waals surface area contributed by atoms with Gasteiger partial charge in [0.15, 0.2) is 0 Å². The van der Waals surface area contributed by atoms with Crippen LogP contribution in [0.4, 0.5) is 11.4 Å². The zero-order valence-corrected chi connectivity index (χ0v) is 18.6. The number of thiophene rings is 1. The fraction of sp³-hybridized carbons (Fsp3) is 0. The van der Waals surface area contributed by atoms with Gasteiger partial charge >= 0.3 is 0 Å². The van der Waals surface area contributed by atoms with Crippen molar-refractivity contribution >= 4 is 64.7 Å². The Morgan fingerprint density at radius 1 is 0.485 bits per heavy atom. The second-order valence-electron chi connectivity index (χ2n) is 8.35. The maximum Gasteiger partial charge on any atom is 0.0561 e. The third-order valence-electron chi connectivity index (χ3n) is 6.35. The lowest BCUT2D eigenvalue weighted by atomic mass is 10.1. The zero-order valence-electron chi connectivity index (χ0n) is 17.8. The summed E-state index contributed by atoms with van der Waals surface area (Å²) in [5.41, 5.74) is 5.79. The Balaban J connectivity index is 1.38. The minimum absolute atomic E-state index is 1.08. The van der Waals surface area contributed by atoms with E-state index in [2.05, 4.69) is 125 Å². The van der Waals surface area contributed by atoms with E-state index in [9.17, 15) is 0 Å². The maximum atomic E-state index is 3.66. The van der Waals surface area contributed by atoms with E-state index in [0.29, 0.717) is 0 Å². The lowest BCUT2D eigenvalue weighted by Crippen LogP contribution is -1.94. The SMILES string of the molecule is c1ccc(-n2c3ccccc3c3ccc(Nc4ccc5sc6ccccc6c5c4)cc32)cc1. The molecule has 2 aromatic heterocycles. The van der Waals surface area contributed by atoms with E-state index in [1.807, 2.05) is 11.3 Å². The molecule has 0 aliphatic heterocycles. The molecule has 156 valence electrons. The number of fused-ring (bicyclic) bond motifs is 6. The molecule has 33 heavy (non-hydrogen) atoms. The molecular formula is C30H20N2S. The van der Waals surface area contributed by atoms with Crippen LogP contribution in [0.3, 0.4) is 0 Å². The molecule has 0 aliphatic rings. The fourth-order valence-corrected chi connectivity index (χ4v) is 5.96. The van der Waals surface area contributed by atoms with Gasteiger partial charge in [-0.15, -0.1) is 11.3 Å². The number of hydrogen-bond donors (Lipinski definition) is 1. The Morgan fingerprint density at radius 2 is 1.15 bits per heavy atom. The lowest BCUT2D eigenvalue weighted by Gasteiger charge is -2.10. The van der Waals surface area contributed by atoms with Gasteiger partial charge in [-0.25, -0.2) is 0 Å². The molecule has 0 amide bonds. The summed E-state index contributed by atoms with van der Waals surface area (Å²) in [5.74, 6) is 0. The Morgan fingerprint density at radius 3 is 2.06 bits per heavy atom. The van der Waals surface area contributed by atoms with Crippen LogP contribution in [-0.4, -0.2) is 4.57 Å². The molecule has 7 rings (SSSR count). The van der Waals surface area contributed by atoms with Crippen LogP contribution >= 0.6 is 11.3 Å². The molecule has 0 unspecified atom stereocenters. The van der Waals surface area contributed by atoms with Gasteiger partial charge in [0.2, 0.25) is 0 Å². The number of nitrogens with one attached hydrogen (secondary N) is 1. The van der Waals surface area contributed by atoms with Gasteiger partial charge in [0.1, 0.15) is 0 Å². The van der Waals surface area contributed by atoms with E-state index in [-0.39, 0.29) is 0 Å². The van der Waals surface area contributed by atoms with Crippen molar-refractivity contribution in [2.75, 3.05) is 5.32 Å². The smallest absolute Gasteiger partial charge is 0.0561 e. The second-order valence-corrected chi connectivity index (χ2v) is 9.44. The predicted octanol–water partition coefficient (Wildman–Crippen LogP) is 8.90. The van der Waals surface area contributed by atoms with E-state index >= 15 is 0 Å². The van der Waals surface area contributed by atoms with Crippen molar-refractivity contribution in [2.24, 2.45) is 0 Å². The molecule has 0 atom stereocenters. The van der Waals surface area contributed by atoms with Crippen molar-refractivity contribution < 1.29 is 0 Å². The number of nitrogens with zero attached hydrogens (tertiary/aromatic N) is 1. The molecule has 2 nitrogen and oxygen atoms in total. The van der Waals surface area contributed by atoms with E-state index in [1.165, 1.54) is 47.7 Å². The Kier molecular flexibility index (Phi) is 4.05. The first kappa shape index (κ1) is 18.5. The number of para-hydroxylation sites is 2. The summed E-state index contributed by atoms with van der Waals surface area (Å²) >= 11 is 1.85. The third kappa shape index (κ3) is 2.94. The Labute approximate surface area is 195 Å². The molecule has 1 N–H and O–H groups in total. The molecule has 0 fully saturated rings. The first-order chi connectivity index (χ1) is 16.3. The fourth-order valence-electron chi connectivity index (χ4n) is 4.87. The van der Waals surface area contributed by atoms with Gasteiger partial charge in [-0.05, 0) is 54.6 Å². The minimum atomic E-state index is 1.08. The van der Waals surface area contributed by atoms with Gasteiger partial charge in [0.05, 0.1) is 11.0 Å². The van der Waals surface area contributed by atoms with Gasteiger partial charge in [-0.1, -0.05) is 60.7 Å². The van der Waals surface area contributed by atoms with Crippen molar-refractivity contribution in [3.8, 4) is 5.69 Å². The molecule has 5 aromatic carbocycles. The number of benzene rings is 5. The van der Waals surface area contributed by atoms with Crippen molar-refractivity contribution in [3.05, 3.63) is 115 Å². The summed E-state index contributed by atoms with van der Waals surface area (Å²) < 4.78 is 5.01. The minimum Gasteiger partial charge on any atom is -0.355 e. The highest BCUT2D eigenvalue weighted by molar-refractivity contribution is 7.25. The van der Waals surface area contributed by atoms with Gasteiger partial charge in [0.25, 0.3) is 0 Å². The van der Waals surface area contributed by atoms with Crippen LogP contribution in [0.25, 0.3) is 47.7 Å². The van der Waals surface area contributed by atoms with Gasteiger partial charge in [0, 0.05) is 48.0 Å². The van der Waals surface area contributed by atoms with E-state index < -0.39 is 0 Å². The Hall–Kier alpha value is -4.08. The normalized spacial score (nSPS) is 11.6. The molecule has 3 heteroatoms. The highest BCUT2D eigenvalue weighted by Gasteiger charge is 2.13. The van der Waals surface area contributed by atoms with Crippen molar-refractivity contribution in [2.45, 2.75) is 0 Å². The van der Waals surface area contributed by atoms with E-state index in [4.69, 9.17) is 0 Å². The molecule has 0 radical (unpaired) electrons. The molecule has 2 heterocycles. The molecule has 0 saturated heterocycles. The number of anilines is 2. The first-order valence-electron chi connectivity index (χ1n) is 11.1. The molecule has 0 spiro atoms. The predicted molar refractivity (Wildman–Crippen MR) is 143 cm³/mol. The van der Waals surface area contributed by atoms with Gasteiger partial charge < -0.3 is 9.88 Å². The molecular weight excluding hydrogens is 420 g/mol. The summed E-state index contributed by atoms with van der Waals surface area (Å²) in [5, 5.41) is 8.82. The summed E-state index contributed by atoms with van der Waals surface area (Å²) in [7, 11) is 0.